The van der Waals surface area contributed by atoms with E-state index in [0.717, 1.165) is 24.9 Å². The summed E-state index contributed by atoms with van der Waals surface area (Å²) in [6, 6.07) is 5.63. The molecule has 1 aliphatic heterocycles. The van der Waals surface area contributed by atoms with Crippen molar-refractivity contribution in [2.45, 2.75) is 32.4 Å². The fraction of sp³-hybridized carbons (Fsp3) is 0.455. The van der Waals surface area contributed by atoms with Gasteiger partial charge < -0.3 is 5.32 Å². The van der Waals surface area contributed by atoms with Crippen molar-refractivity contribution in [3.63, 3.8) is 0 Å². The van der Waals surface area contributed by atoms with Crippen LogP contribution in [0.25, 0.3) is 0 Å². The van der Waals surface area contributed by atoms with Gasteiger partial charge in [-0.25, -0.2) is 0 Å². The summed E-state index contributed by atoms with van der Waals surface area (Å²) in [7, 11) is 0. The molecule has 15 heavy (non-hydrogen) atoms. The Morgan fingerprint density at radius 3 is 3.00 bits per heavy atom. The van der Waals surface area contributed by atoms with Crippen molar-refractivity contribution in [2.75, 3.05) is 0 Å². The van der Waals surface area contributed by atoms with Gasteiger partial charge in [0.1, 0.15) is 0 Å². The molecule has 1 aliphatic rings. The SMILES string of the molecule is CC1CCc2cc([N+](=O)[O-])ccc2CN1. The van der Waals surface area contributed by atoms with Gasteiger partial charge in [0, 0.05) is 24.7 Å². The molecular formula is C11H14N2O2. The Kier molecular flexibility index (Phi) is 2.68. The van der Waals surface area contributed by atoms with Crippen LogP contribution in [-0.4, -0.2) is 11.0 Å². The lowest BCUT2D eigenvalue weighted by Crippen LogP contribution is -2.23. The summed E-state index contributed by atoms with van der Waals surface area (Å²) in [5, 5.41) is 14.0. The number of aryl methyl sites for hydroxylation is 1. The highest BCUT2D eigenvalue weighted by atomic mass is 16.6. The molecule has 1 atom stereocenters. The van der Waals surface area contributed by atoms with Crippen LogP contribution in [0.2, 0.25) is 0 Å². The second kappa shape index (κ2) is 3.98. The van der Waals surface area contributed by atoms with Crippen LogP contribution in [0, 0.1) is 10.1 Å². The van der Waals surface area contributed by atoms with E-state index in [0.29, 0.717) is 6.04 Å². The number of non-ortho nitro benzene ring substituents is 1. The molecule has 1 unspecified atom stereocenters. The maximum absolute atomic E-state index is 10.6. The smallest absolute Gasteiger partial charge is 0.269 e. The van der Waals surface area contributed by atoms with E-state index in [1.165, 1.54) is 5.56 Å². The first-order valence-corrected chi connectivity index (χ1v) is 5.16. The zero-order valence-corrected chi connectivity index (χ0v) is 8.69. The van der Waals surface area contributed by atoms with E-state index in [-0.39, 0.29) is 10.6 Å². The van der Waals surface area contributed by atoms with Crippen molar-refractivity contribution >= 4 is 5.69 Å². The minimum Gasteiger partial charge on any atom is -0.310 e. The third kappa shape index (κ3) is 2.15. The minimum absolute atomic E-state index is 0.198. The van der Waals surface area contributed by atoms with Crippen LogP contribution in [0.15, 0.2) is 18.2 Å². The van der Waals surface area contributed by atoms with Crippen molar-refractivity contribution in [2.24, 2.45) is 0 Å². The topological polar surface area (TPSA) is 55.2 Å². The first kappa shape index (κ1) is 10.1. The van der Waals surface area contributed by atoms with Gasteiger partial charge in [-0.05, 0) is 30.9 Å². The molecule has 0 aliphatic carbocycles. The molecule has 0 bridgehead atoms. The zero-order chi connectivity index (χ0) is 10.8. The van der Waals surface area contributed by atoms with E-state index < -0.39 is 0 Å². The predicted octanol–water partition coefficient (Wildman–Crippen LogP) is 2.02. The number of hydrogen-bond acceptors (Lipinski definition) is 3. The molecule has 0 spiro atoms. The fourth-order valence-corrected chi connectivity index (χ4v) is 1.89. The van der Waals surface area contributed by atoms with Gasteiger partial charge >= 0.3 is 0 Å². The Labute approximate surface area is 88.5 Å². The van der Waals surface area contributed by atoms with Gasteiger partial charge in [0.15, 0.2) is 0 Å². The van der Waals surface area contributed by atoms with Gasteiger partial charge in [-0.2, -0.15) is 0 Å². The van der Waals surface area contributed by atoms with Gasteiger partial charge in [0.2, 0.25) is 0 Å². The van der Waals surface area contributed by atoms with Crippen LogP contribution >= 0.6 is 0 Å². The molecule has 0 amide bonds. The lowest BCUT2D eigenvalue weighted by Gasteiger charge is -2.07. The van der Waals surface area contributed by atoms with E-state index in [1.807, 2.05) is 6.07 Å². The van der Waals surface area contributed by atoms with Gasteiger partial charge in [-0.1, -0.05) is 6.07 Å². The molecule has 1 aromatic carbocycles. The second-order valence-electron chi connectivity index (χ2n) is 4.03. The van der Waals surface area contributed by atoms with Crippen LogP contribution in [0.4, 0.5) is 5.69 Å². The van der Waals surface area contributed by atoms with E-state index in [4.69, 9.17) is 0 Å². The molecule has 0 saturated heterocycles. The van der Waals surface area contributed by atoms with Crippen molar-refractivity contribution in [1.82, 2.24) is 5.32 Å². The highest BCUT2D eigenvalue weighted by molar-refractivity contribution is 5.40. The van der Waals surface area contributed by atoms with Crippen LogP contribution in [0.5, 0.6) is 0 Å². The van der Waals surface area contributed by atoms with Crippen LogP contribution < -0.4 is 5.32 Å². The second-order valence-corrected chi connectivity index (χ2v) is 4.03. The first-order valence-electron chi connectivity index (χ1n) is 5.16. The third-order valence-electron chi connectivity index (χ3n) is 2.89. The molecule has 1 aromatic rings. The maximum Gasteiger partial charge on any atom is 0.269 e. The summed E-state index contributed by atoms with van der Waals surface area (Å²) in [6.07, 6.45) is 1.96. The molecule has 0 fully saturated rings. The Hall–Kier alpha value is -1.42. The van der Waals surface area contributed by atoms with Crippen molar-refractivity contribution in [3.05, 3.63) is 39.4 Å². The molecule has 80 valence electrons. The summed E-state index contributed by atoms with van der Waals surface area (Å²) >= 11 is 0. The quantitative estimate of drug-likeness (QED) is 0.565. The molecule has 4 nitrogen and oxygen atoms in total. The van der Waals surface area contributed by atoms with Crippen LogP contribution in [-0.2, 0) is 13.0 Å². The number of hydrogen-bond donors (Lipinski definition) is 1. The maximum atomic E-state index is 10.6. The van der Waals surface area contributed by atoms with E-state index in [1.54, 1.807) is 12.1 Å². The summed E-state index contributed by atoms with van der Waals surface area (Å²) in [5.74, 6) is 0. The molecular weight excluding hydrogens is 192 g/mol. The average Bonchev–Trinajstić information content (AvgIpc) is 2.40. The van der Waals surface area contributed by atoms with Gasteiger partial charge in [-0.15, -0.1) is 0 Å². The van der Waals surface area contributed by atoms with E-state index >= 15 is 0 Å². The molecule has 0 aromatic heterocycles. The Morgan fingerprint density at radius 2 is 2.27 bits per heavy atom. The number of rotatable bonds is 1. The Morgan fingerprint density at radius 1 is 1.47 bits per heavy atom. The molecule has 1 N–H and O–H groups in total. The number of nitro benzene ring substituents is 1. The van der Waals surface area contributed by atoms with Crippen molar-refractivity contribution in [1.29, 1.82) is 0 Å². The highest BCUT2D eigenvalue weighted by Crippen LogP contribution is 2.21. The standard InChI is InChI=1S/C11H14N2O2/c1-8-2-3-9-6-11(13(14)15)5-4-10(9)7-12-8/h4-6,8,12H,2-3,7H2,1H3. The van der Waals surface area contributed by atoms with Crippen LogP contribution in [0.3, 0.4) is 0 Å². The monoisotopic (exact) mass is 206 g/mol. The largest absolute Gasteiger partial charge is 0.310 e. The first-order chi connectivity index (χ1) is 7.16. The lowest BCUT2D eigenvalue weighted by atomic mass is 10.0. The third-order valence-corrected chi connectivity index (χ3v) is 2.89. The predicted molar refractivity (Wildman–Crippen MR) is 57.7 cm³/mol. The van der Waals surface area contributed by atoms with Gasteiger partial charge in [0.05, 0.1) is 4.92 Å². The van der Waals surface area contributed by atoms with Gasteiger partial charge in [0.25, 0.3) is 5.69 Å². The van der Waals surface area contributed by atoms with Crippen molar-refractivity contribution in [3.8, 4) is 0 Å². The molecule has 0 saturated carbocycles. The summed E-state index contributed by atoms with van der Waals surface area (Å²) in [5.41, 5.74) is 2.49. The van der Waals surface area contributed by atoms with Gasteiger partial charge in [-0.3, -0.25) is 10.1 Å². The summed E-state index contributed by atoms with van der Waals surface area (Å²) in [6.45, 7) is 2.95. The number of nitrogens with one attached hydrogen (secondary N) is 1. The Bertz CT molecular complexity index is 390. The van der Waals surface area contributed by atoms with E-state index in [9.17, 15) is 10.1 Å². The zero-order valence-electron chi connectivity index (χ0n) is 8.69. The lowest BCUT2D eigenvalue weighted by molar-refractivity contribution is -0.384. The van der Waals surface area contributed by atoms with Crippen molar-refractivity contribution < 1.29 is 4.92 Å². The number of nitrogens with zero attached hydrogens (tertiary/aromatic N) is 1. The fourth-order valence-electron chi connectivity index (χ4n) is 1.89. The molecule has 2 rings (SSSR count). The number of benzene rings is 1. The summed E-state index contributed by atoms with van der Waals surface area (Å²) < 4.78 is 0. The molecule has 0 radical (unpaired) electrons. The number of fused-ring (bicyclic) bond motifs is 1. The number of nitro groups is 1. The average molecular weight is 206 g/mol. The molecule has 4 heteroatoms. The van der Waals surface area contributed by atoms with E-state index in [2.05, 4.69) is 12.2 Å². The minimum atomic E-state index is -0.331. The summed E-state index contributed by atoms with van der Waals surface area (Å²) in [4.78, 5) is 10.3. The normalized spacial score (nSPS) is 20.5. The Balaban J connectivity index is 2.32. The van der Waals surface area contributed by atoms with Crippen LogP contribution in [0.1, 0.15) is 24.5 Å². The molecule has 1 heterocycles. The highest BCUT2D eigenvalue weighted by Gasteiger charge is 2.15.